The van der Waals surface area contributed by atoms with Gasteiger partial charge in [-0.1, -0.05) is 53.5 Å². The highest BCUT2D eigenvalue weighted by Crippen LogP contribution is 2.30. The molecule has 1 aromatic heterocycles. The molecule has 9 heteroatoms. The highest BCUT2D eigenvalue weighted by atomic mass is 35.5. The molecule has 6 nitrogen and oxygen atoms in total. The monoisotopic (exact) mass is 486 g/mol. The van der Waals surface area contributed by atoms with E-state index in [0.29, 0.717) is 21.6 Å². The maximum atomic E-state index is 13.0. The second-order valence-electron chi connectivity index (χ2n) is 7.04. The number of nitrogens with one attached hydrogen (secondary N) is 1. The standard InChI is InChI=1S/C23H16Cl2N2O4S/c24-16-8-6-14(11-17(16)25)20-9-7-15(31-20)12-18-21(28)27(23(32)26-18)19(22(29)30)10-13-4-2-1-3-5-13/h1-9,11-12,19H,10H2,(H,26,32)(H,29,30)/b18-12-. The lowest BCUT2D eigenvalue weighted by Gasteiger charge is -2.22. The first-order valence-electron chi connectivity index (χ1n) is 9.51. The van der Waals surface area contributed by atoms with Crippen molar-refractivity contribution in [1.29, 1.82) is 0 Å². The summed E-state index contributed by atoms with van der Waals surface area (Å²) in [5.41, 5.74) is 1.63. The van der Waals surface area contributed by atoms with Gasteiger partial charge in [0.05, 0.1) is 10.0 Å². The molecule has 1 fully saturated rings. The molecule has 1 saturated heterocycles. The zero-order chi connectivity index (χ0) is 22.8. The van der Waals surface area contributed by atoms with Gasteiger partial charge >= 0.3 is 5.97 Å². The second kappa shape index (κ2) is 9.16. The molecule has 1 unspecified atom stereocenters. The van der Waals surface area contributed by atoms with Gasteiger partial charge in [-0.25, -0.2) is 4.79 Å². The molecule has 4 rings (SSSR count). The van der Waals surface area contributed by atoms with Crippen molar-refractivity contribution in [3.63, 3.8) is 0 Å². The van der Waals surface area contributed by atoms with Crippen molar-refractivity contribution in [3.8, 4) is 11.3 Å². The van der Waals surface area contributed by atoms with Crippen LogP contribution < -0.4 is 5.32 Å². The molecule has 0 saturated carbocycles. The van der Waals surface area contributed by atoms with Gasteiger partial charge in [0, 0.05) is 18.1 Å². The third-order valence-corrected chi connectivity index (χ3v) is 5.93. The lowest BCUT2D eigenvalue weighted by atomic mass is 10.0. The number of benzene rings is 2. The van der Waals surface area contributed by atoms with Crippen LogP contribution in [0.5, 0.6) is 0 Å². The fourth-order valence-electron chi connectivity index (χ4n) is 3.34. The van der Waals surface area contributed by atoms with Crippen LogP contribution >= 0.6 is 35.4 Å². The second-order valence-corrected chi connectivity index (χ2v) is 8.24. The Kier molecular flexibility index (Phi) is 6.32. The third-order valence-electron chi connectivity index (χ3n) is 4.90. The summed E-state index contributed by atoms with van der Waals surface area (Å²) in [7, 11) is 0. The summed E-state index contributed by atoms with van der Waals surface area (Å²) < 4.78 is 5.80. The van der Waals surface area contributed by atoms with E-state index in [2.05, 4.69) is 5.32 Å². The van der Waals surface area contributed by atoms with E-state index in [9.17, 15) is 14.7 Å². The predicted octanol–water partition coefficient (Wildman–Crippen LogP) is 5.01. The number of aliphatic carboxylic acids is 1. The van der Waals surface area contributed by atoms with Crippen LogP contribution in [0.3, 0.4) is 0 Å². The van der Waals surface area contributed by atoms with Gasteiger partial charge in [0.1, 0.15) is 23.3 Å². The molecule has 2 aromatic carbocycles. The number of furan rings is 1. The van der Waals surface area contributed by atoms with Crippen molar-refractivity contribution in [2.75, 3.05) is 0 Å². The Balaban J connectivity index is 1.57. The number of halogens is 2. The summed E-state index contributed by atoms with van der Waals surface area (Å²) in [5.74, 6) is -0.757. The molecular weight excluding hydrogens is 471 g/mol. The molecule has 0 radical (unpaired) electrons. The Labute approximate surface area is 199 Å². The number of hydrogen-bond donors (Lipinski definition) is 2. The fourth-order valence-corrected chi connectivity index (χ4v) is 3.95. The molecule has 32 heavy (non-hydrogen) atoms. The van der Waals surface area contributed by atoms with Crippen LogP contribution in [0.4, 0.5) is 0 Å². The van der Waals surface area contributed by atoms with Gasteiger partial charge in [-0.15, -0.1) is 0 Å². The molecular formula is C23H16Cl2N2O4S. The van der Waals surface area contributed by atoms with Crippen LogP contribution in [-0.4, -0.2) is 33.0 Å². The van der Waals surface area contributed by atoms with Crippen molar-refractivity contribution in [2.45, 2.75) is 12.5 Å². The Morgan fingerprint density at radius 2 is 1.88 bits per heavy atom. The number of amides is 1. The van der Waals surface area contributed by atoms with Crippen molar-refractivity contribution < 1.29 is 19.1 Å². The Hall–Kier alpha value is -3.13. The lowest BCUT2D eigenvalue weighted by molar-refractivity contribution is -0.145. The summed E-state index contributed by atoms with van der Waals surface area (Å²) in [5, 5.41) is 13.4. The molecule has 2 heterocycles. The van der Waals surface area contributed by atoms with Gasteiger partial charge < -0.3 is 14.8 Å². The normalized spacial score (nSPS) is 15.8. The minimum atomic E-state index is -1.15. The average molecular weight is 487 g/mol. The Morgan fingerprint density at radius 1 is 1.12 bits per heavy atom. The molecule has 1 aliphatic rings. The van der Waals surface area contributed by atoms with Gasteiger partial charge in [-0.3, -0.25) is 9.69 Å². The highest BCUT2D eigenvalue weighted by Gasteiger charge is 2.39. The van der Waals surface area contributed by atoms with E-state index in [0.717, 1.165) is 16.0 Å². The van der Waals surface area contributed by atoms with Crippen LogP contribution in [0.25, 0.3) is 17.4 Å². The Morgan fingerprint density at radius 3 is 2.56 bits per heavy atom. The smallest absolute Gasteiger partial charge is 0.327 e. The van der Waals surface area contributed by atoms with Gasteiger partial charge in [-0.05, 0) is 48.1 Å². The first-order valence-corrected chi connectivity index (χ1v) is 10.7. The molecule has 1 amide bonds. The van der Waals surface area contributed by atoms with Crippen molar-refractivity contribution in [1.82, 2.24) is 10.2 Å². The first-order chi connectivity index (χ1) is 15.3. The predicted molar refractivity (Wildman–Crippen MR) is 126 cm³/mol. The molecule has 0 aliphatic carbocycles. The van der Waals surface area contributed by atoms with Crippen LogP contribution in [0.2, 0.25) is 10.0 Å². The number of nitrogens with zero attached hydrogens (tertiary/aromatic N) is 1. The average Bonchev–Trinajstić information content (AvgIpc) is 3.34. The van der Waals surface area contributed by atoms with Crippen LogP contribution in [0.15, 0.2) is 70.8 Å². The molecule has 0 spiro atoms. The van der Waals surface area contributed by atoms with Crippen LogP contribution in [0, 0.1) is 0 Å². The SMILES string of the molecule is O=C(O)C(Cc1ccccc1)N1C(=O)/C(=C/c2ccc(-c3ccc(Cl)c(Cl)c3)o2)NC1=S. The zero-order valence-corrected chi connectivity index (χ0v) is 18.7. The maximum absolute atomic E-state index is 13.0. The van der Waals surface area contributed by atoms with E-state index in [1.807, 2.05) is 18.2 Å². The summed E-state index contributed by atoms with van der Waals surface area (Å²) >= 11 is 17.3. The minimum Gasteiger partial charge on any atom is -0.480 e. The Bertz CT molecular complexity index is 1240. The summed E-state index contributed by atoms with van der Waals surface area (Å²) in [6.07, 6.45) is 1.61. The number of carbonyl (C=O) groups is 2. The number of rotatable bonds is 6. The van der Waals surface area contributed by atoms with Crippen molar-refractivity contribution in [3.05, 3.63) is 87.7 Å². The molecule has 0 bridgehead atoms. The van der Waals surface area contributed by atoms with E-state index < -0.39 is 17.9 Å². The third kappa shape index (κ3) is 4.55. The van der Waals surface area contributed by atoms with E-state index >= 15 is 0 Å². The summed E-state index contributed by atoms with van der Waals surface area (Å²) in [6.45, 7) is 0. The fraction of sp³-hybridized carbons (Fsp3) is 0.0870. The number of carboxylic acid groups (broad SMARTS) is 1. The molecule has 1 atom stereocenters. The van der Waals surface area contributed by atoms with E-state index in [4.69, 9.17) is 39.8 Å². The highest BCUT2D eigenvalue weighted by molar-refractivity contribution is 7.80. The van der Waals surface area contributed by atoms with E-state index in [-0.39, 0.29) is 17.2 Å². The summed E-state index contributed by atoms with van der Waals surface area (Å²) in [6, 6.07) is 16.4. The molecule has 2 N–H and O–H groups in total. The molecule has 162 valence electrons. The minimum absolute atomic E-state index is 0.0286. The first kappa shape index (κ1) is 22.1. The van der Waals surface area contributed by atoms with Crippen molar-refractivity contribution >= 4 is 58.5 Å². The molecule has 3 aromatic rings. The molecule has 1 aliphatic heterocycles. The van der Waals surface area contributed by atoms with E-state index in [1.54, 1.807) is 42.5 Å². The number of carbonyl (C=O) groups excluding carboxylic acids is 1. The van der Waals surface area contributed by atoms with Crippen LogP contribution in [0.1, 0.15) is 11.3 Å². The van der Waals surface area contributed by atoms with Gasteiger partial charge in [0.25, 0.3) is 5.91 Å². The quantitative estimate of drug-likeness (QED) is 0.376. The van der Waals surface area contributed by atoms with E-state index in [1.165, 1.54) is 6.08 Å². The number of hydrogen-bond acceptors (Lipinski definition) is 4. The summed E-state index contributed by atoms with van der Waals surface area (Å²) in [4.78, 5) is 26.0. The van der Waals surface area contributed by atoms with Gasteiger partial charge in [0.15, 0.2) is 5.11 Å². The lowest BCUT2D eigenvalue weighted by Crippen LogP contribution is -2.46. The maximum Gasteiger partial charge on any atom is 0.327 e. The zero-order valence-electron chi connectivity index (χ0n) is 16.4. The number of thiocarbonyl (C=S) groups is 1. The topological polar surface area (TPSA) is 82.8 Å². The van der Waals surface area contributed by atoms with Gasteiger partial charge in [0.2, 0.25) is 0 Å². The number of carboxylic acids is 1. The van der Waals surface area contributed by atoms with Crippen molar-refractivity contribution in [2.24, 2.45) is 0 Å². The van der Waals surface area contributed by atoms with Crippen LogP contribution in [-0.2, 0) is 16.0 Å². The largest absolute Gasteiger partial charge is 0.480 e. The van der Waals surface area contributed by atoms with Gasteiger partial charge in [-0.2, -0.15) is 0 Å².